The predicted octanol–water partition coefficient (Wildman–Crippen LogP) is 0.808. The van der Waals surface area contributed by atoms with Gasteiger partial charge in [0.15, 0.2) is 0 Å². The van der Waals surface area contributed by atoms with Gasteiger partial charge in [0.1, 0.15) is 0 Å². The van der Waals surface area contributed by atoms with Crippen LogP contribution in [0.25, 0.3) is 0 Å². The Hall–Kier alpha value is -2.38. The van der Waals surface area contributed by atoms with Crippen molar-refractivity contribution in [1.82, 2.24) is 14.6 Å². The lowest BCUT2D eigenvalue weighted by Crippen LogP contribution is -2.43. The molecule has 1 amide bonds. The number of ether oxygens (including phenoxy) is 1. The van der Waals surface area contributed by atoms with Gasteiger partial charge in [0, 0.05) is 38.4 Å². The molecule has 33 heavy (non-hydrogen) atoms. The Balaban J connectivity index is 1.56. The van der Waals surface area contributed by atoms with Crippen LogP contribution in [0, 0.1) is 6.92 Å². The van der Waals surface area contributed by atoms with E-state index in [0.717, 1.165) is 9.87 Å². The number of amides is 1. The highest BCUT2D eigenvalue weighted by atomic mass is 32.2. The van der Waals surface area contributed by atoms with Gasteiger partial charge in [-0.15, -0.1) is 0 Å². The second-order valence-corrected chi connectivity index (χ2v) is 11.6. The van der Waals surface area contributed by atoms with Crippen LogP contribution in [-0.2, 0) is 29.6 Å². The predicted molar refractivity (Wildman–Crippen MR) is 122 cm³/mol. The summed E-state index contributed by atoms with van der Waals surface area (Å²) < 4.78 is 59.5. The number of aromatic nitrogens is 1. The van der Waals surface area contributed by atoms with Crippen molar-refractivity contribution in [2.24, 2.45) is 0 Å². The van der Waals surface area contributed by atoms with Crippen molar-refractivity contribution in [3.05, 3.63) is 53.9 Å². The molecule has 1 aromatic heterocycles. The summed E-state index contributed by atoms with van der Waals surface area (Å²) in [5.41, 5.74) is 1.39. The van der Waals surface area contributed by atoms with Crippen LogP contribution in [0.15, 0.2) is 47.6 Å². The number of nitrogens with zero attached hydrogens (tertiary/aromatic N) is 3. The molecule has 10 nitrogen and oxygen atoms in total. The van der Waals surface area contributed by atoms with Gasteiger partial charge in [0.25, 0.3) is 0 Å². The molecule has 2 saturated heterocycles. The number of carbonyl (C=O) groups is 1. The molecule has 178 valence electrons. The van der Waals surface area contributed by atoms with Crippen molar-refractivity contribution in [3.63, 3.8) is 0 Å². The lowest BCUT2D eigenvalue weighted by Gasteiger charge is -2.34. The summed E-state index contributed by atoms with van der Waals surface area (Å²) in [6, 6.07) is 7.60. The second-order valence-electron chi connectivity index (χ2n) is 7.98. The molecule has 4 rings (SSSR count). The third kappa shape index (κ3) is 5.09. The average Bonchev–Trinajstić information content (AvgIpc) is 3.07. The van der Waals surface area contributed by atoms with Gasteiger partial charge in [0.2, 0.25) is 26.0 Å². The molecule has 1 unspecified atom stereocenters. The zero-order valence-electron chi connectivity index (χ0n) is 18.2. The van der Waals surface area contributed by atoms with Crippen LogP contribution in [0.2, 0.25) is 0 Å². The number of hydrogen-bond donors (Lipinski definition) is 1. The Kier molecular flexibility index (Phi) is 6.82. The molecule has 0 bridgehead atoms. The Morgan fingerprint density at radius 2 is 1.97 bits per heavy atom. The molecule has 1 atom stereocenters. The van der Waals surface area contributed by atoms with Crippen LogP contribution in [0.1, 0.15) is 23.6 Å². The SMILES string of the molecule is Cc1cc(N2C(=O)CCS2(=O)=O)ccc1S(=O)(=O)NCC(c1cccnc1)N1CCOCC1. The molecule has 0 saturated carbocycles. The molecule has 0 aliphatic carbocycles. The zero-order valence-corrected chi connectivity index (χ0v) is 19.8. The fourth-order valence-corrected chi connectivity index (χ4v) is 6.83. The maximum absolute atomic E-state index is 13.1. The molecule has 2 fully saturated rings. The molecule has 12 heteroatoms. The minimum atomic E-state index is -3.90. The van der Waals surface area contributed by atoms with Crippen molar-refractivity contribution < 1.29 is 26.4 Å². The fourth-order valence-electron chi connectivity index (χ4n) is 4.12. The third-order valence-corrected chi connectivity index (χ3v) is 9.06. The summed E-state index contributed by atoms with van der Waals surface area (Å²) >= 11 is 0. The molecule has 1 N–H and O–H groups in total. The second kappa shape index (κ2) is 9.47. The number of pyridine rings is 1. The summed E-state index contributed by atoms with van der Waals surface area (Å²) in [6.45, 7) is 4.20. The van der Waals surface area contributed by atoms with Crippen molar-refractivity contribution >= 4 is 31.6 Å². The highest BCUT2D eigenvalue weighted by Crippen LogP contribution is 2.29. The summed E-state index contributed by atoms with van der Waals surface area (Å²) in [4.78, 5) is 18.4. The van der Waals surface area contributed by atoms with E-state index in [4.69, 9.17) is 4.74 Å². The Labute approximate surface area is 193 Å². The normalized spacial score (nSPS) is 20.2. The van der Waals surface area contributed by atoms with Crippen LogP contribution in [0.5, 0.6) is 0 Å². The highest BCUT2D eigenvalue weighted by Gasteiger charge is 2.36. The Morgan fingerprint density at radius 1 is 1.21 bits per heavy atom. The van der Waals surface area contributed by atoms with Crippen molar-refractivity contribution in [3.8, 4) is 0 Å². The quantitative estimate of drug-likeness (QED) is 0.599. The lowest BCUT2D eigenvalue weighted by molar-refractivity contribution is -0.116. The van der Waals surface area contributed by atoms with Crippen LogP contribution in [0.3, 0.4) is 0 Å². The van der Waals surface area contributed by atoms with Gasteiger partial charge in [-0.2, -0.15) is 0 Å². The summed E-state index contributed by atoms with van der Waals surface area (Å²) in [7, 11) is -7.62. The summed E-state index contributed by atoms with van der Waals surface area (Å²) in [5, 5.41) is 0. The van der Waals surface area contributed by atoms with E-state index >= 15 is 0 Å². The van der Waals surface area contributed by atoms with Crippen molar-refractivity contribution in [2.45, 2.75) is 24.3 Å². The Morgan fingerprint density at radius 3 is 2.58 bits per heavy atom. The molecule has 1 aromatic carbocycles. The summed E-state index contributed by atoms with van der Waals surface area (Å²) in [6.07, 6.45) is 3.31. The molecule has 0 radical (unpaired) electrons. The number of nitrogens with one attached hydrogen (secondary N) is 1. The van der Waals surface area contributed by atoms with Gasteiger partial charge in [-0.1, -0.05) is 6.07 Å². The number of morpholine rings is 1. The number of anilines is 1. The van der Waals surface area contributed by atoms with Gasteiger partial charge < -0.3 is 4.74 Å². The van der Waals surface area contributed by atoms with E-state index in [1.54, 1.807) is 19.3 Å². The number of benzene rings is 1. The average molecular weight is 495 g/mol. The van der Waals surface area contributed by atoms with Crippen LogP contribution in [0.4, 0.5) is 5.69 Å². The van der Waals surface area contributed by atoms with E-state index in [-0.39, 0.29) is 35.3 Å². The van der Waals surface area contributed by atoms with Gasteiger partial charge in [-0.05, 0) is 42.3 Å². The molecular weight excluding hydrogens is 468 g/mol. The lowest BCUT2D eigenvalue weighted by atomic mass is 10.1. The van der Waals surface area contributed by atoms with Crippen LogP contribution in [-0.4, -0.2) is 71.2 Å². The topological polar surface area (TPSA) is 126 Å². The zero-order chi connectivity index (χ0) is 23.6. The minimum absolute atomic E-state index is 0.0298. The van der Waals surface area contributed by atoms with Crippen molar-refractivity contribution in [2.75, 3.05) is 42.9 Å². The number of carbonyl (C=O) groups excluding carboxylic acids is 1. The van der Waals surface area contributed by atoms with Gasteiger partial charge in [-0.3, -0.25) is 14.7 Å². The standard InChI is InChI=1S/C21H26N4O6S2/c1-16-13-18(25-21(26)6-12-32(25,27)28)4-5-20(16)33(29,30)23-15-19(17-3-2-7-22-14-17)24-8-10-31-11-9-24/h2-5,7,13-14,19,23H,6,8-12,15H2,1H3. The van der Waals surface area contributed by atoms with Gasteiger partial charge >= 0.3 is 0 Å². The largest absolute Gasteiger partial charge is 0.379 e. The first-order valence-electron chi connectivity index (χ1n) is 10.6. The maximum Gasteiger partial charge on any atom is 0.242 e. The first-order valence-corrected chi connectivity index (χ1v) is 13.7. The molecule has 3 heterocycles. The van der Waals surface area contributed by atoms with E-state index < -0.39 is 26.0 Å². The molecule has 2 aliphatic rings. The molecule has 2 aromatic rings. The molecule has 0 spiro atoms. The molecule has 2 aliphatic heterocycles. The van der Waals surface area contributed by atoms with E-state index in [9.17, 15) is 21.6 Å². The van der Waals surface area contributed by atoms with Crippen LogP contribution >= 0.6 is 0 Å². The third-order valence-electron chi connectivity index (χ3n) is 5.78. The Bertz CT molecular complexity index is 1230. The number of aryl methyl sites for hydroxylation is 1. The van der Waals surface area contributed by atoms with Crippen LogP contribution < -0.4 is 9.03 Å². The van der Waals surface area contributed by atoms with E-state index in [0.29, 0.717) is 31.9 Å². The molecular formula is C21H26N4O6S2. The van der Waals surface area contributed by atoms with Crippen molar-refractivity contribution in [1.29, 1.82) is 0 Å². The van der Waals surface area contributed by atoms with E-state index in [2.05, 4.69) is 14.6 Å². The highest BCUT2D eigenvalue weighted by molar-refractivity contribution is 7.94. The number of rotatable bonds is 7. The van der Waals surface area contributed by atoms with E-state index in [1.807, 2.05) is 12.1 Å². The van der Waals surface area contributed by atoms with E-state index in [1.165, 1.54) is 18.2 Å². The minimum Gasteiger partial charge on any atom is -0.379 e. The van der Waals surface area contributed by atoms with Gasteiger partial charge in [0.05, 0.1) is 35.6 Å². The first-order chi connectivity index (χ1) is 15.7. The van der Waals surface area contributed by atoms with Gasteiger partial charge in [-0.25, -0.2) is 25.9 Å². The monoisotopic (exact) mass is 494 g/mol. The first kappa shape index (κ1) is 23.8. The fraction of sp³-hybridized carbons (Fsp3) is 0.429. The summed E-state index contributed by atoms with van der Waals surface area (Å²) in [5.74, 6) is -0.767. The smallest absolute Gasteiger partial charge is 0.242 e. The number of sulfonamides is 2. The number of hydrogen-bond acceptors (Lipinski definition) is 8. The maximum atomic E-state index is 13.1.